The number of para-hydroxylation sites is 1. The van der Waals surface area contributed by atoms with Crippen molar-refractivity contribution >= 4 is 0 Å². The Morgan fingerprint density at radius 3 is 2.81 bits per heavy atom. The zero-order valence-electron chi connectivity index (χ0n) is 10.1. The molecule has 0 bridgehead atoms. The monoisotopic (exact) mass is 223 g/mol. The fourth-order valence-corrected chi connectivity index (χ4v) is 1.37. The highest BCUT2D eigenvalue weighted by Crippen LogP contribution is 2.17. The average molecular weight is 223 g/mol. The molecule has 0 radical (unpaired) electrons. The van der Waals surface area contributed by atoms with E-state index in [9.17, 15) is 0 Å². The number of benzene rings is 1. The first-order valence-electron chi connectivity index (χ1n) is 5.82. The summed E-state index contributed by atoms with van der Waals surface area (Å²) >= 11 is 0. The molecule has 1 rings (SSSR count). The van der Waals surface area contributed by atoms with Gasteiger partial charge >= 0.3 is 0 Å². The Kier molecular flexibility index (Phi) is 5.90. The Balaban J connectivity index is 2.56. The van der Waals surface area contributed by atoms with E-state index in [0.29, 0.717) is 12.6 Å². The third-order valence-electron chi connectivity index (χ3n) is 2.57. The molecule has 0 heterocycles. The van der Waals surface area contributed by atoms with Crippen LogP contribution in [0, 0.1) is 0 Å². The van der Waals surface area contributed by atoms with Crippen molar-refractivity contribution in [3.8, 4) is 5.75 Å². The maximum absolute atomic E-state index is 8.73. The Bertz CT molecular complexity index is 302. The predicted octanol–water partition coefficient (Wildman–Crippen LogP) is 1.95. The number of aliphatic hydroxyl groups is 1. The first-order chi connectivity index (χ1) is 7.77. The highest BCUT2D eigenvalue weighted by atomic mass is 16.5. The number of hydrogen-bond acceptors (Lipinski definition) is 3. The van der Waals surface area contributed by atoms with Crippen molar-refractivity contribution in [2.75, 3.05) is 13.2 Å². The zero-order valence-corrected chi connectivity index (χ0v) is 10.1. The third kappa shape index (κ3) is 4.21. The quantitative estimate of drug-likeness (QED) is 0.742. The molecular weight excluding hydrogens is 202 g/mol. The van der Waals surface area contributed by atoms with Gasteiger partial charge in [-0.15, -0.1) is 0 Å². The molecular formula is C13H21NO2. The van der Waals surface area contributed by atoms with E-state index in [1.54, 1.807) is 0 Å². The van der Waals surface area contributed by atoms with Crippen molar-refractivity contribution in [3.05, 3.63) is 29.8 Å². The Hall–Kier alpha value is -1.06. The summed E-state index contributed by atoms with van der Waals surface area (Å²) in [5.74, 6) is 0.854. The summed E-state index contributed by atoms with van der Waals surface area (Å²) in [5.41, 5.74) is 1.14. The largest absolute Gasteiger partial charge is 0.491 e. The lowest BCUT2D eigenvalue weighted by molar-refractivity contribution is 0.200. The van der Waals surface area contributed by atoms with Crippen LogP contribution >= 0.6 is 0 Å². The lowest BCUT2D eigenvalue weighted by Gasteiger charge is -2.14. The molecule has 3 nitrogen and oxygen atoms in total. The van der Waals surface area contributed by atoms with Crippen molar-refractivity contribution in [2.45, 2.75) is 32.9 Å². The highest BCUT2D eigenvalue weighted by Gasteiger charge is 2.04. The molecule has 1 aromatic carbocycles. The van der Waals surface area contributed by atoms with Crippen LogP contribution in [0.5, 0.6) is 5.75 Å². The molecule has 0 saturated carbocycles. The molecule has 0 amide bonds. The summed E-state index contributed by atoms with van der Waals surface area (Å²) in [6.07, 6.45) is 1.11. The second-order valence-corrected chi connectivity index (χ2v) is 3.87. The van der Waals surface area contributed by atoms with Crippen molar-refractivity contribution < 1.29 is 9.84 Å². The molecule has 1 aromatic rings. The maximum atomic E-state index is 8.73. The lowest BCUT2D eigenvalue weighted by atomic mass is 10.2. The van der Waals surface area contributed by atoms with Crippen LogP contribution in [0.1, 0.15) is 25.8 Å². The van der Waals surface area contributed by atoms with Gasteiger partial charge < -0.3 is 15.2 Å². The summed E-state index contributed by atoms with van der Waals surface area (Å²) in [6, 6.07) is 8.43. The minimum Gasteiger partial charge on any atom is -0.491 e. The van der Waals surface area contributed by atoms with E-state index in [1.165, 1.54) is 0 Å². The molecule has 0 fully saturated rings. The summed E-state index contributed by atoms with van der Waals surface area (Å²) in [5, 5.41) is 12.2. The third-order valence-corrected chi connectivity index (χ3v) is 2.57. The van der Waals surface area contributed by atoms with Crippen LogP contribution in [-0.4, -0.2) is 24.4 Å². The van der Waals surface area contributed by atoms with Gasteiger partial charge in [-0.25, -0.2) is 0 Å². The molecule has 3 heteroatoms. The Morgan fingerprint density at radius 2 is 2.12 bits per heavy atom. The van der Waals surface area contributed by atoms with Gasteiger partial charge in [-0.2, -0.15) is 0 Å². The molecule has 0 aromatic heterocycles. The summed E-state index contributed by atoms with van der Waals surface area (Å²) in [4.78, 5) is 0. The van der Waals surface area contributed by atoms with Gasteiger partial charge in [0.1, 0.15) is 12.4 Å². The van der Waals surface area contributed by atoms with Crippen LogP contribution in [0.3, 0.4) is 0 Å². The lowest BCUT2D eigenvalue weighted by Crippen LogP contribution is -2.24. The number of nitrogens with one attached hydrogen (secondary N) is 1. The normalized spacial score (nSPS) is 12.4. The smallest absolute Gasteiger partial charge is 0.123 e. The van der Waals surface area contributed by atoms with Gasteiger partial charge in [0, 0.05) is 18.2 Å². The van der Waals surface area contributed by atoms with E-state index in [1.807, 2.05) is 24.3 Å². The van der Waals surface area contributed by atoms with Gasteiger partial charge in [-0.3, -0.25) is 0 Å². The molecule has 90 valence electrons. The number of rotatable bonds is 7. The van der Waals surface area contributed by atoms with Crippen LogP contribution in [0.15, 0.2) is 24.3 Å². The van der Waals surface area contributed by atoms with E-state index in [-0.39, 0.29) is 6.61 Å². The van der Waals surface area contributed by atoms with Crippen LogP contribution in [0.25, 0.3) is 0 Å². The Labute approximate surface area is 97.4 Å². The molecule has 0 aliphatic heterocycles. The van der Waals surface area contributed by atoms with Gasteiger partial charge in [0.2, 0.25) is 0 Å². The molecule has 1 atom stereocenters. The molecule has 2 N–H and O–H groups in total. The minimum absolute atomic E-state index is 0.0487. The van der Waals surface area contributed by atoms with E-state index in [4.69, 9.17) is 9.84 Å². The van der Waals surface area contributed by atoms with E-state index >= 15 is 0 Å². The first-order valence-corrected chi connectivity index (χ1v) is 5.82. The van der Waals surface area contributed by atoms with Gasteiger partial charge in [0.25, 0.3) is 0 Å². The standard InChI is InChI=1S/C13H21NO2/c1-3-11(2)14-10-12-6-4-5-7-13(12)16-9-8-15/h4-7,11,14-15H,3,8-10H2,1-2H3. The fraction of sp³-hybridized carbons (Fsp3) is 0.538. The van der Waals surface area contributed by atoms with Gasteiger partial charge in [0.15, 0.2) is 0 Å². The fourth-order valence-electron chi connectivity index (χ4n) is 1.37. The van der Waals surface area contributed by atoms with Crippen molar-refractivity contribution in [3.63, 3.8) is 0 Å². The predicted molar refractivity (Wildman–Crippen MR) is 65.6 cm³/mol. The van der Waals surface area contributed by atoms with E-state index in [0.717, 1.165) is 24.3 Å². The molecule has 1 unspecified atom stereocenters. The van der Waals surface area contributed by atoms with Crippen molar-refractivity contribution in [1.29, 1.82) is 0 Å². The topological polar surface area (TPSA) is 41.5 Å². The number of aliphatic hydroxyl groups excluding tert-OH is 1. The SMILES string of the molecule is CCC(C)NCc1ccccc1OCCO. The van der Waals surface area contributed by atoms with Gasteiger partial charge in [0.05, 0.1) is 6.61 Å². The first kappa shape index (κ1) is 13.0. The molecule has 0 saturated heterocycles. The Morgan fingerprint density at radius 1 is 1.38 bits per heavy atom. The summed E-state index contributed by atoms with van der Waals surface area (Å²) in [7, 11) is 0. The second kappa shape index (κ2) is 7.25. The second-order valence-electron chi connectivity index (χ2n) is 3.87. The van der Waals surface area contributed by atoms with Crippen LogP contribution in [0.4, 0.5) is 0 Å². The summed E-state index contributed by atoms with van der Waals surface area (Å²) < 4.78 is 5.46. The van der Waals surface area contributed by atoms with E-state index in [2.05, 4.69) is 19.2 Å². The van der Waals surface area contributed by atoms with Crippen LogP contribution < -0.4 is 10.1 Å². The number of hydrogen-bond donors (Lipinski definition) is 2. The maximum Gasteiger partial charge on any atom is 0.123 e. The molecule has 0 aliphatic rings. The van der Waals surface area contributed by atoms with Crippen molar-refractivity contribution in [1.82, 2.24) is 5.32 Å². The zero-order chi connectivity index (χ0) is 11.8. The van der Waals surface area contributed by atoms with Gasteiger partial charge in [-0.1, -0.05) is 25.1 Å². The summed E-state index contributed by atoms with van der Waals surface area (Å²) in [6.45, 7) is 5.52. The molecule has 0 aliphatic carbocycles. The van der Waals surface area contributed by atoms with Crippen LogP contribution in [-0.2, 0) is 6.54 Å². The van der Waals surface area contributed by atoms with Gasteiger partial charge in [-0.05, 0) is 19.4 Å². The van der Waals surface area contributed by atoms with E-state index < -0.39 is 0 Å². The average Bonchev–Trinajstić information content (AvgIpc) is 2.34. The molecule has 16 heavy (non-hydrogen) atoms. The highest BCUT2D eigenvalue weighted by molar-refractivity contribution is 5.33. The molecule has 0 spiro atoms. The van der Waals surface area contributed by atoms with Crippen molar-refractivity contribution in [2.24, 2.45) is 0 Å². The van der Waals surface area contributed by atoms with Crippen LogP contribution in [0.2, 0.25) is 0 Å². The number of ether oxygens (including phenoxy) is 1. The minimum atomic E-state index is 0.0487.